The van der Waals surface area contributed by atoms with Crippen LogP contribution >= 0.6 is 0 Å². The van der Waals surface area contributed by atoms with Gasteiger partial charge in [-0.3, -0.25) is 4.90 Å². The molecule has 3 fully saturated rings. The van der Waals surface area contributed by atoms with Crippen LogP contribution in [0.1, 0.15) is 93.6 Å². The van der Waals surface area contributed by atoms with Gasteiger partial charge in [-0.2, -0.15) is 4.98 Å². The Kier molecular flexibility index (Phi) is 11.2. The van der Waals surface area contributed by atoms with Crippen LogP contribution in [0.5, 0.6) is 0 Å². The van der Waals surface area contributed by atoms with E-state index in [-0.39, 0.29) is 18.2 Å². The molecule has 284 valence electrons. The normalized spacial score (nSPS) is 18.6. The Morgan fingerprint density at radius 1 is 0.962 bits per heavy atom. The van der Waals surface area contributed by atoms with Gasteiger partial charge in [0.1, 0.15) is 26.1 Å². The summed E-state index contributed by atoms with van der Waals surface area (Å²) < 4.78 is 11.2. The van der Waals surface area contributed by atoms with Crippen LogP contribution in [0.4, 0.5) is 32.7 Å². The number of hydrogen-bond acceptors (Lipinski definition) is 9. The number of pyridine rings is 1. The predicted octanol–water partition coefficient (Wildman–Crippen LogP) is 8.91. The first-order chi connectivity index (χ1) is 25.2. The molecular weight excluding hydrogens is 683 g/mol. The number of nitrogens with zero attached hydrogens (tertiary/aromatic N) is 6. The van der Waals surface area contributed by atoms with Crippen molar-refractivity contribution in [2.75, 3.05) is 47.9 Å². The topological polar surface area (TPSA) is 113 Å². The molecule has 11 nitrogen and oxygen atoms in total. The van der Waals surface area contributed by atoms with Crippen LogP contribution < -0.4 is 15.1 Å². The van der Waals surface area contributed by atoms with E-state index in [4.69, 9.17) is 24.4 Å². The first-order valence-electron chi connectivity index (χ1n) is 19.4. The molecule has 1 aliphatic carbocycles. The molecule has 1 saturated carbocycles. The lowest BCUT2D eigenvalue weighted by Gasteiger charge is -2.38. The van der Waals surface area contributed by atoms with Crippen molar-refractivity contribution in [2.24, 2.45) is 5.92 Å². The van der Waals surface area contributed by atoms with E-state index in [1.807, 2.05) is 39.0 Å². The number of amides is 2. The summed E-state index contributed by atoms with van der Waals surface area (Å²) >= 11 is 0. The van der Waals surface area contributed by atoms with Gasteiger partial charge in [0.2, 0.25) is 5.95 Å². The summed E-state index contributed by atoms with van der Waals surface area (Å²) in [5.74, 6) is 4.95. The van der Waals surface area contributed by atoms with Gasteiger partial charge in [-0.15, -0.1) is 5.54 Å². The van der Waals surface area contributed by atoms with E-state index in [0.29, 0.717) is 59.7 Å². The van der Waals surface area contributed by atoms with Crippen molar-refractivity contribution in [3.63, 3.8) is 0 Å². The lowest BCUT2D eigenvalue weighted by atomic mass is 9.98. The van der Waals surface area contributed by atoms with Gasteiger partial charge in [-0.05, 0) is 86.5 Å². The van der Waals surface area contributed by atoms with Gasteiger partial charge >= 0.3 is 12.2 Å². The van der Waals surface area contributed by atoms with E-state index in [9.17, 15) is 9.59 Å². The first kappa shape index (κ1) is 38.4. The Labute approximate surface area is 316 Å². The zero-order valence-electron chi connectivity index (χ0n) is 33.0. The monoisotopic (exact) mass is 739 g/mol. The van der Waals surface area contributed by atoms with Gasteiger partial charge in [0, 0.05) is 49.3 Å². The molecule has 6 rings (SSSR count). The van der Waals surface area contributed by atoms with Crippen molar-refractivity contribution < 1.29 is 19.1 Å². The molecule has 0 spiro atoms. The Hall–Kier alpha value is -4.37. The summed E-state index contributed by atoms with van der Waals surface area (Å²) in [5, 5.41) is 4.12. The summed E-state index contributed by atoms with van der Waals surface area (Å²) in [4.78, 5) is 46.2. The molecule has 3 aliphatic rings. The number of benzene rings is 1. The maximum Gasteiger partial charge on any atom is 0.415 e. The van der Waals surface area contributed by atoms with E-state index in [2.05, 4.69) is 75.4 Å². The summed E-state index contributed by atoms with van der Waals surface area (Å²) in [7, 11) is -2.06. The second kappa shape index (κ2) is 15.5. The smallest absolute Gasteiger partial charge is 0.415 e. The average Bonchev–Trinajstić information content (AvgIpc) is 3.77. The molecule has 53 heavy (non-hydrogen) atoms. The number of carbonyl (C=O) groups is 2. The van der Waals surface area contributed by atoms with E-state index < -0.39 is 13.7 Å². The van der Waals surface area contributed by atoms with Crippen LogP contribution in [-0.4, -0.2) is 84.5 Å². The molecule has 1 N–H and O–H groups in total. The van der Waals surface area contributed by atoms with Gasteiger partial charge in [0.15, 0.2) is 5.65 Å². The van der Waals surface area contributed by atoms with Crippen molar-refractivity contribution in [2.45, 2.75) is 116 Å². The van der Waals surface area contributed by atoms with E-state index in [1.54, 1.807) is 16.0 Å². The second-order valence-corrected chi connectivity index (χ2v) is 22.4. The predicted molar refractivity (Wildman–Crippen MR) is 215 cm³/mol. The summed E-state index contributed by atoms with van der Waals surface area (Å²) in [5.41, 5.74) is 7.96. The van der Waals surface area contributed by atoms with Crippen molar-refractivity contribution in [1.29, 1.82) is 0 Å². The SMILES string of the molecule is CC(C)[Si](C#Cc1cc(N2C(=O)OCC2C2CCCC2)nc2nc(Nc3ccc(N4CCN(C(=O)OC(C)(C)C)CC4)cc3)ncc12)(C(C)C)C(C)C. The molecule has 1 aromatic carbocycles. The van der Waals surface area contributed by atoms with Crippen LogP contribution in [-0.2, 0) is 9.47 Å². The second-order valence-electron chi connectivity index (χ2n) is 16.8. The van der Waals surface area contributed by atoms with Gasteiger partial charge in [0.05, 0.1) is 11.4 Å². The Morgan fingerprint density at radius 3 is 2.21 bits per heavy atom. The summed E-state index contributed by atoms with van der Waals surface area (Å²) in [6, 6.07) is 10.0. The number of rotatable bonds is 8. The third kappa shape index (κ3) is 8.25. The summed E-state index contributed by atoms with van der Waals surface area (Å²) in [6.07, 6.45) is 5.68. The van der Waals surface area contributed by atoms with Crippen LogP contribution in [0.15, 0.2) is 36.5 Å². The van der Waals surface area contributed by atoms with Crippen molar-refractivity contribution >= 4 is 54.4 Å². The minimum atomic E-state index is -2.06. The molecule has 0 bridgehead atoms. The average molecular weight is 740 g/mol. The lowest BCUT2D eigenvalue weighted by Crippen LogP contribution is -2.50. The maximum atomic E-state index is 13.3. The maximum absolute atomic E-state index is 13.3. The molecular formula is C41H57N7O4Si. The minimum absolute atomic E-state index is 0.0514. The highest BCUT2D eigenvalue weighted by atomic mass is 28.3. The largest absolute Gasteiger partial charge is 0.447 e. The molecule has 3 aromatic rings. The fourth-order valence-electron chi connectivity index (χ4n) is 8.64. The highest BCUT2D eigenvalue weighted by molar-refractivity contribution is 6.90. The number of carbonyl (C=O) groups excluding carboxylic acids is 2. The zero-order valence-corrected chi connectivity index (χ0v) is 34.0. The molecule has 1 unspecified atom stereocenters. The van der Waals surface area contributed by atoms with E-state index in [0.717, 1.165) is 48.3 Å². The standard InChI is InChI=1S/C41H57N7O4Si/c1-27(2)53(28(3)4,29(5)6)23-18-31-24-36(48-35(26-51-40(48)50)30-12-10-11-13-30)44-37-34(31)25-42-38(45-37)43-32-14-16-33(17-15-32)46-19-21-47(22-20-46)39(49)52-41(7,8)9/h14-17,24-25,27-30,35H,10-13,19-22,26H2,1-9H3,(H,42,43,44,45). The van der Waals surface area contributed by atoms with E-state index >= 15 is 0 Å². The van der Waals surface area contributed by atoms with Gasteiger partial charge in [-0.1, -0.05) is 60.3 Å². The quantitative estimate of drug-likeness (QED) is 0.179. The van der Waals surface area contributed by atoms with Gasteiger partial charge in [-0.25, -0.2) is 19.6 Å². The highest BCUT2D eigenvalue weighted by Crippen LogP contribution is 2.41. The molecule has 12 heteroatoms. The summed E-state index contributed by atoms with van der Waals surface area (Å²) in [6.45, 7) is 22.5. The Bertz CT molecular complexity index is 1830. The fourth-order valence-corrected chi connectivity index (χ4v) is 13.9. The number of nitrogens with one attached hydrogen (secondary N) is 1. The molecule has 4 heterocycles. The van der Waals surface area contributed by atoms with Crippen molar-refractivity contribution in [1.82, 2.24) is 19.9 Å². The number of aromatic nitrogens is 3. The fraction of sp³-hybridized carbons (Fsp3) is 0.585. The zero-order chi connectivity index (χ0) is 38.1. The Morgan fingerprint density at radius 2 is 1.60 bits per heavy atom. The molecule has 2 saturated heterocycles. The number of anilines is 4. The minimum Gasteiger partial charge on any atom is -0.447 e. The van der Waals surface area contributed by atoms with Crippen molar-refractivity contribution in [3.05, 3.63) is 42.1 Å². The third-order valence-electron chi connectivity index (χ3n) is 11.3. The number of piperazine rings is 1. The number of fused-ring (bicyclic) bond motifs is 1. The van der Waals surface area contributed by atoms with Crippen LogP contribution in [0.2, 0.25) is 16.6 Å². The van der Waals surface area contributed by atoms with Crippen LogP contribution in [0.25, 0.3) is 11.0 Å². The molecule has 2 amide bonds. The van der Waals surface area contributed by atoms with Gasteiger partial charge < -0.3 is 24.6 Å². The molecule has 2 aliphatic heterocycles. The lowest BCUT2D eigenvalue weighted by molar-refractivity contribution is 0.0240. The van der Waals surface area contributed by atoms with Crippen LogP contribution in [0.3, 0.4) is 0 Å². The first-order valence-corrected chi connectivity index (χ1v) is 21.7. The molecule has 0 radical (unpaired) electrons. The third-order valence-corrected chi connectivity index (χ3v) is 17.6. The van der Waals surface area contributed by atoms with Crippen molar-refractivity contribution in [3.8, 4) is 11.5 Å². The van der Waals surface area contributed by atoms with E-state index in [1.165, 1.54) is 12.8 Å². The molecule has 2 aromatic heterocycles. The van der Waals surface area contributed by atoms with Crippen LogP contribution in [0, 0.1) is 17.4 Å². The number of cyclic esters (lactones) is 1. The van der Waals surface area contributed by atoms with Gasteiger partial charge in [0.25, 0.3) is 0 Å². The number of ether oxygens (including phenoxy) is 2. The number of hydrogen-bond donors (Lipinski definition) is 1. The molecule has 1 atom stereocenters. The highest BCUT2D eigenvalue weighted by Gasteiger charge is 2.43. The Balaban J connectivity index is 1.28.